The van der Waals surface area contributed by atoms with Crippen LogP contribution in [0.1, 0.15) is 309 Å². The summed E-state index contributed by atoms with van der Waals surface area (Å²) in [5.74, 6) is -0.587. The van der Waals surface area contributed by atoms with Crippen LogP contribution in [0.2, 0.25) is 0 Å². The van der Waals surface area contributed by atoms with Crippen molar-refractivity contribution >= 4 is 11.9 Å². The highest BCUT2D eigenvalue weighted by molar-refractivity contribution is 5.70. The van der Waals surface area contributed by atoms with Gasteiger partial charge < -0.3 is 14.6 Å². The Morgan fingerprint density at radius 3 is 0.855 bits per heavy atom. The highest BCUT2D eigenvalue weighted by Crippen LogP contribution is 2.17. The van der Waals surface area contributed by atoms with Crippen molar-refractivity contribution < 1.29 is 24.2 Å². The quantitative estimate of drug-likeness (QED) is 0.0373. The summed E-state index contributed by atoms with van der Waals surface area (Å²) in [6, 6.07) is 0. The van der Waals surface area contributed by atoms with Crippen molar-refractivity contribution in [2.24, 2.45) is 0 Å². The lowest BCUT2D eigenvalue weighted by molar-refractivity contribution is -0.161. The molecule has 0 bridgehead atoms. The van der Waals surface area contributed by atoms with Crippen LogP contribution >= 0.6 is 0 Å². The molecule has 0 saturated heterocycles. The molecule has 0 fully saturated rings. The number of allylic oxidation sites excluding steroid dienone is 18. The van der Waals surface area contributed by atoms with Crippen molar-refractivity contribution in [3.63, 3.8) is 0 Å². The Labute approximate surface area is 471 Å². The predicted octanol–water partition coefficient (Wildman–Crippen LogP) is 22.4. The van der Waals surface area contributed by atoms with E-state index in [2.05, 4.69) is 123 Å². The maximum atomic E-state index is 12.3. The summed E-state index contributed by atoms with van der Waals surface area (Å²) < 4.78 is 10.7. The first-order valence-electron chi connectivity index (χ1n) is 32.4. The zero-order chi connectivity index (χ0) is 54.8. The molecule has 0 aromatic carbocycles. The number of rotatable bonds is 59. The van der Waals surface area contributed by atoms with Crippen LogP contribution in [0.15, 0.2) is 109 Å². The molecule has 76 heavy (non-hydrogen) atoms. The maximum absolute atomic E-state index is 12.3. The van der Waals surface area contributed by atoms with Crippen LogP contribution in [-0.2, 0) is 19.1 Å². The normalized spacial score (nSPS) is 12.9. The smallest absolute Gasteiger partial charge is 0.306 e. The molecule has 0 radical (unpaired) electrons. The van der Waals surface area contributed by atoms with Crippen molar-refractivity contribution in [1.82, 2.24) is 0 Å². The molecule has 1 unspecified atom stereocenters. The van der Waals surface area contributed by atoms with E-state index in [1.165, 1.54) is 193 Å². The summed E-state index contributed by atoms with van der Waals surface area (Å²) in [5, 5.41) is 9.69. The van der Waals surface area contributed by atoms with Gasteiger partial charge in [0, 0.05) is 12.8 Å². The van der Waals surface area contributed by atoms with E-state index in [4.69, 9.17) is 9.47 Å². The zero-order valence-electron chi connectivity index (χ0n) is 50.0. The first-order chi connectivity index (χ1) is 37.6. The third kappa shape index (κ3) is 63.1. The van der Waals surface area contributed by atoms with Crippen LogP contribution in [0.25, 0.3) is 0 Å². The van der Waals surface area contributed by atoms with Crippen molar-refractivity contribution in [3.05, 3.63) is 109 Å². The number of ether oxygens (including phenoxy) is 2. The van der Waals surface area contributed by atoms with E-state index >= 15 is 0 Å². The zero-order valence-corrected chi connectivity index (χ0v) is 50.0. The van der Waals surface area contributed by atoms with Gasteiger partial charge in [0.1, 0.15) is 6.61 Å². The van der Waals surface area contributed by atoms with Gasteiger partial charge in [-0.15, -0.1) is 0 Å². The Morgan fingerprint density at radius 1 is 0.316 bits per heavy atom. The van der Waals surface area contributed by atoms with Gasteiger partial charge in [0.05, 0.1) is 6.61 Å². The van der Waals surface area contributed by atoms with Crippen molar-refractivity contribution in [2.45, 2.75) is 315 Å². The third-order valence-corrected chi connectivity index (χ3v) is 14.1. The molecular formula is C71H122O5. The molecule has 0 spiro atoms. The Kier molecular flexibility index (Phi) is 62.9. The number of esters is 2. The van der Waals surface area contributed by atoms with Crippen LogP contribution < -0.4 is 0 Å². The first kappa shape index (κ1) is 72.6. The van der Waals surface area contributed by atoms with Crippen LogP contribution in [-0.4, -0.2) is 36.4 Å². The van der Waals surface area contributed by atoms with Gasteiger partial charge in [-0.05, 0) is 103 Å². The molecule has 0 aliphatic rings. The second kappa shape index (κ2) is 65.8. The fraction of sp³-hybridized carbons (Fsp3) is 0.718. The molecule has 1 N–H and O–H groups in total. The average molecular weight is 1060 g/mol. The fourth-order valence-corrected chi connectivity index (χ4v) is 9.22. The summed E-state index contributed by atoms with van der Waals surface area (Å²) in [6.07, 6.45) is 95.2. The molecule has 5 nitrogen and oxygen atoms in total. The molecule has 0 rings (SSSR count). The van der Waals surface area contributed by atoms with E-state index in [1.54, 1.807) is 0 Å². The number of hydrogen-bond donors (Lipinski definition) is 1. The van der Waals surface area contributed by atoms with E-state index in [1.807, 2.05) is 0 Å². The van der Waals surface area contributed by atoms with Gasteiger partial charge in [0.25, 0.3) is 0 Å². The SMILES string of the molecule is CC/C=C\C/C=C\C/C=C\C/C=C\C/C=C\C/C=C\CCCCCCCCCCCCCCCCCCCCC(=O)OC(CO)COC(=O)CCCCCCCCCCCC/C=C\C/C=C\C/C=C\CCCCCCC. The number of carbonyl (C=O) groups is 2. The third-order valence-electron chi connectivity index (χ3n) is 14.1. The van der Waals surface area contributed by atoms with Crippen LogP contribution in [0.3, 0.4) is 0 Å². The summed E-state index contributed by atoms with van der Waals surface area (Å²) in [6.45, 7) is 4.04. The van der Waals surface area contributed by atoms with Gasteiger partial charge in [-0.2, -0.15) is 0 Å². The molecule has 5 heteroatoms. The number of aliphatic hydroxyl groups is 1. The first-order valence-corrected chi connectivity index (χ1v) is 32.4. The number of aliphatic hydroxyl groups excluding tert-OH is 1. The molecule has 0 aliphatic heterocycles. The summed E-state index contributed by atoms with van der Waals surface area (Å²) in [7, 11) is 0. The van der Waals surface area contributed by atoms with Crippen LogP contribution in [0, 0.1) is 0 Å². The molecule has 0 amide bonds. The van der Waals surface area contributed by atoms with E-state index in [9.17, 15) is 14.7 Å². The molecule has 0 aromatic rings. The van der Waals surface area contributed by atoms with Gasteiger partial charge >= 0.3 is 11.9 Å². The van der Waals surface area contributed by atoms with E-state index in [-0.39, 0.29) is 25.2 Å². The fourth-order valence-electron chi connectivity index (χ4n) is 9.22. The second-order valence-corrected chi connectivity index (χ2v) is 21.5. The molecule has 0 heterocycles. The number of unbranched alkanes of at least 4 members (excludes halogenated alkanes) is 33. The van der Waals surface area contributed by atoms with Crippen molar-refractivity contribution in [2.75, 3.05) is 13.2 Å². The average Bonchev–Trinajstić information content (AvgIpc) is 3.42. The summed E-state index contributed by atoms with van der Waals surface area (Å²) in [4.78, 5) is 24.6. The monoisotopic (exact) mass is 1050 g/mol. The van der Waals surface area contributed by atoms with E-state index in [0.29, 0.717) is 12.8 Å². The van der Waals surface area contributed by atoms with Gasteiger partial charge in [0.2, 0.25) is 0 Å². The lowest BCUT2D eigenvalue weighted by Gasteiger charge is -2.15. The minimum absolute atomic E-state index is 0.0696. The topological polar surface area (TPSA) is 72.8 Å². The van der Waals surface area contributed by atoms with Gasteiger partial charge in [0.15, 0.2) is 6.10 Å². The standard InChI is InChI=1S/C71H122O5/c1-3-5-7-9-11-13-15-17-19-21-23-25-27-29-30-31-32-33-34-35-36-37-38-39-40-42-44-46-48-50-52-54-56-58-60-62-64-66-71(74)76-69(67-72)68-75-70(73)65-63-61-59-57-55-53-51-49-47-45-43-41-28-26-24-22-20-18-16-14-12-10-8-6-4-2/h5,7,11,13,16-19,22-25,28-30,32-33,41,69,72H,3-4,6,8-10,12,14-15,20-21,26-27,31,34-40,42-68H2,1-2H3/b7-5-,13-11-,18-16-,19-17-,24-22-,25-23-,30-29-,33-32-,41-28-. The van der Waals surface area contributed by atoms with Crippen LogP contribution in [0.4, 0.5) is 0 Å². The highest BCUT2D eigenvalue weighted by atomic mass is 16.6. The lowest BCUT2D eigenvalue weighted by atomic mass is 10.0. The van der Waals surface area contributed by atoms with Gasteiger partial charge in [-0.1, -0.05) is 303 Å². The van der Waals surface area contributed by atoms with Crippen LogP contribution in [0.5, 0.6) is 0 Å². The van der Waals surface area contributed by atoms with Gasteiger partial charge in [-0.25, -0.2) is 0 Å². The minimum Gasteiger partial charge on any atom is -0.462 e. The van der Waals surface area contributed by atoms with E-state index < -0.39 is 6.10 Å². The Hall–Kier alpha value is -3.44. The molecule has 436 valence electrons. The number of hydrogen-bond acceptors (Lipinski definition) is 5. The Morgan fingerprint density at radius 2 is 0.566 bits per heavy atom. The molecular weight excluding hydrogens is 933 g/mol. The summed E-state index contributed by atoms with van der Waals surface area (Å²) in [5.41, 5.74) is 0. The lowest BCUT2D eigenvalue weighted by Crippen LogP contribution is -2.28. The van der Waals surface area contributed by atoms with Gasteiger partial charge in [-0.3, -0.25) is 9.59 Å². The highest BCUT2D eigenvalue weighted by Gasteiger charge is 2.16. The molecule has 0 aromatic heterocycles. The number of carbonyl (C=O) groups excluding carboxylic acids is 2. The molecule has 0 saturated carbocycles. The maximum Gasteiger partial charge on any atom is 0.306 e. The summed E-state index contributed by atoms with van der Waals surface area (Å²) >= 11 is 0. The minimum atomic E-state index is -0.779. The van der Waals surface area contributed by atoms with E-state index in [0.717, 1.165) is 89.9 Å². The Balaban J connectivity index is 3.48. The second-order valence-electron chi connectivity index (χ2n) is 21.5. The molecule has 1 atom stereocenters. The van der Waals surface area contributed by atoms with Crippen molar-refractivity contribution in [1.29, 1.82) is 0 Å². The predicted molar refractivity (Wildman–Crippen MR) is 334 cm³/mol. The Bertz CT molecular complexity index is 1470. The molecule has 0 aliphatic carbocycles. The largest absolute Gasteiger partial charge is 0.462 e. The van der Waals surface area contributed by atoms with Crippen molar-refractivity contribution in [3.8, 4) is 0 Å².